The van der Waals surface area contributed by atoms with Gasteiger partial charge in [-0.25, -0.2) is 0 Å². The molecule has 29 heavy (non-hydrogen) atoms. The Morgan fingerprint density at radius 3 is 2.62 bits per heavy atom. The van der Waals surface area contributed by atoms with E-state index in [2.05, 4.69) is 44.9 Å². The van der Waals surface area contributed by atoms with Gasteiger partial charge in [0.25, 0.3) is 0 Å². The minimum atomic E-state index is 0. The lowest BCUT2D eigenvalue weighted by atomic mass is 10.1. The van der Waals surface area contributed by atoms with Crippen molar-refractivity contribution < 1.29 is 4.74 Å². The number of fused-ring (bicyclic) bond motifs is 1. The third-order valence-electron chi connectivity index (χ3n) is 4.50. The minimum Gasteiger partial charge on any atom is -0.374 e. The largest absolute Gasteiger partial charge is 0.374 e. The Bertz CT molecular complexity index is 883. The molecule has 0 saturated heterocycles. The van der Waals surface area contributed by atoms with E-state index in [0.29, 0.717) is 6.61 Å². The summed E-state index contributed by atoms with van der Waals surface area (Å²) in [6, 6.07) is 16.2. The monoisotopic (exact) mass is 508 g/mol. The van der Waals surface area contributed by atoms with Crippen molar-refractivity contribution in [1.29, 1.82) is 0 Å². The van der Waals surface area contributed by atoms with Crippen LogP contribution in [0.1, 0.15) is 30.8 Å². The Labute approximate surface area is 189 Å². The lowest BCUT2D eigenvalue weighted by molar-refractivity contribution is 0.0646. The molecule has 2 aromatic heterocycles. The molecule has 0 fully saturated rings. The molecule has 0 amide bonds. The maximum atomic E-state index is 5.90. The molecule has 0 radical (unpaired) electrons. The van der Waals surface area contributed by atoms with Crippen molar-refractivity contribution in [1.82, 2.24) is 25.2 Å². The molecular formula is C21H29IN6O. The van der Waals surface area contributed by atoms with Crippen LogP contribution >= 0.6 is 24.0 Å². The number of nitrogens with zero attached hydrogens (tertiary/aromatic N) is 4. The van der Waals surface area contributed by atoms with Crippen LogP contribution in [-0.2, 0) is 11.2 Å². The number of rotatable bonds is 9. The molecule has 3 rings (SSSR count). The molecule has 1 unspecified atom stereocenters. The summed E-state index contributed by atoms with van der Waals surface area (Å²) < 4.78 is 7.90. The van der Waals surface area contributed by atoms with Gasteiger partial charge in [-0.1, -0.05) is 36.4 Å². The summed E-state index contributed by atoms with van der Waals surface area (Å²) in [6.45, 7) is 4.31. The van der Waals surface area contributed by atoms with E-state index in [1.807, 2.05) is 47.0 Å². The van der Waals surface area contributed by atoms with E-state index < -0.39 is 0 Å². The quantitative estimate of drug-likeness (QED) is 0.201. The number of aliphatic imine (C=N–C) groups is 1. The molecule has 0 aliphatic rings. The molecule has 0 saturated carbocycles. The van der Waals surface area contributed by atoms with Gasteiger partial charge in [0.2, 0.25) is 0 Å². The van der Waals surface area contributed by atoms with E-state index in [-0.39, 0.29) is 30.1 Å². The second-order valence-corrected chi connectivity index (χ2v) is 6.50. The summed E-state index contributed by atoms with van der Waals surface area (Å²) in [7, 11) is 1.77. The number of ether oxygens (including phenoxy) is 1. The molecule has 3 aromatic rings. The first-order chi connectivity index (χ1) is 13.8. The van der Waals surface area contributed by atoms with Gasteiger partial charge < -0.3 is 15.4 Å². The normalized spacial score (nSPS) is 12.4. The van der Waals surface area contributed by atoms with Crippen LogP contribution in [0.5, 0.6) is 0 Å². The van der Waals surface area contributed by atoms with Gasteiger partial charge in [0, 0.05) is 39.4 Å². The molecule has 8 heteroatoms. The van der Waals surface area contributed by atoms with Gasteiger partial charge >= 0.3 is 0 Å². The van der Waals surface area contributed by atoms with E-state index in [9.17, 15) is 0 Å². The Kier molecular flexibility index (Phi) is 9.85. The van der Waals surface area contributed by atoms with Crippen molar-refractivity contribution in [3.05, 3.63) is 66.1 Å². The fourth-order valence-electron chi connectivity index (χ4n) is 2.93. The molecule has 0 aliphatic heterocycles. The summed E-state index contributed by atoms with van der Waals surface area (Å²) >= 11 is 0. The van der Waals surface area contributed by atoms with Gasteiger partial charge in [0.15, 0.2) is 11.6 Å². The van der Waals surface area contributed by atoms with Crippen molar-refractivity contribution >= 4 is 35.6 Å². The fourth-order valence-corrected chi connectivity index (χ4v) is 2.93. The number of pyridine rings is 1. The third kappa shape index (κ3) is 6.97. The molecular weight excluding hydrogens is 479 g/mol. The predicted molar refractivity (Wildman–Crippen MR) is 127 cm³/mol. The molecule has 1 atom stereocenters. The van der Waals surface area contributed by atoms with Crippen LogP contribution in [0.4, 0.5) is 0 Å². The van der Waals surface area contributed by atoms with Crippen LogP contribution in [-0.4, -0.2) is 47.3 Å². The van der Waals surface area contributed by atoms with Crippen molar-refractivity contribution in [3.63, 3.8) is 0 Å². The molecule has 156 valence electrons. The number of aromatic nitrogens is 3. The molecule has 2 N–H and O–H groups in total. The van der Waals surface area contributed by atoms with Gasteiger partial charge in [-0.15, -0.1) is 34.2 Å². The maximum Gasteiger partial charge on any atom is 0.190 e. The van der Waals surface area contributed by atoms with Gasteiger partial charge in [0.05, 0.1) is 6.10 Å². The van der Waals surface area contributed by atoms with E-state index >= 15 is 0 Å². The van der Waals surface area contributed by atoms with E-state index in [1.165, 1.54) is 5.56 Å². The predicted octanol–water partition coefficient (Wildman–Crippen LogP) is 3.22. The first kappa shape index (κ1) is 23.1. The SMILES string of the molecule is CN=C(NCCCOC(C)c1ccccc1)NCCc1nnc2ccccn12.I. The zero-order valence-corrected chi connectivity index (χ0v) is 19.2. The topological polar surface area (TPSA) is 75.8 Å². The van der Waals surface area contributed by atoms with Gasteiger partial charge in [-0.2, -0.15) is 0 Å². The summed E-state index contributed by atoms with van der Waals surface area (Å²) in [5.74, 6) is 1.71. The van der Waals surface area contributed by atoms with Gasteiger partial charge in [0.1, 0.15) is 5.82 Å². The highest BCUT2D eigenvalue weighted by Crippen LogP contribution is 2.15. The zero-order valence-electron chi connectivity index (χ0n) is 16.9. The van der Waals surface area contributed by atoms with Crippen LogP contribution in [0.3, 0.4) is 0 Å². The molecule has 2 heterocycles. The summed E-state index contributed by atoms with van der Waals surface area (Å²) in [5, 5.41) is 15.0. The van der Waals surface area contributed by atoms with Crippen LogP contribution < -0.4 is 10.6 Å². The van der Waals surface area contributed by atoms with E-state index in [1.54, 1.807) is 7.05 Å². The van der Waals surface area contributed by atoms with Crippen LogP contribution in [0.15, 0.2) is 59.7 Å². The molecule has 0 bridgehead atoms. The van der Waals surface area contributed by atoms with Crippen molar-refractivity contribution in [2.45, 2.75) is 25.9 Å². The summed E-state index contributed by atoms with van der Waals surface area (Å²) in [5.41, 5.74) is 2.07. The molecule has 0 spiro atoms. The third-order valence-corrected chi connectivity index (χ3v) is 4.50. The highest BCUT2D eigenvalue weighted by Gasteiger charge is 2.06. The van der Waals surface area contributed by atoms with Crippen LogP contribution in [0.2, 0.25) is 0 Å². The van der Waals surface area contributed by atoms with E-state index in [4.69, 9.17) is 4.74 Å². The van der Waals surface area contributed by atoms with Crippen molar-refractivity contribution in [2.75, 3.05) is 26.7 Å². The zero-order chi connectivity index (χ0) is 19.6. The Morgan fingerprint density at radius 2 is 1.83 bits per heavy atom. The van der Waals surface area contributed by atoms with Crippen molar-refractivity contribution in [2.24, 2.45) is 4.99 Å². The van der Waals surface area contributed by atoms with Crippen molar-refractivity contribution in [3.8, 4) is 0 Å². The Balaban J connectivity index is 0.00000300. The molecule has 1 aromatic carbocycles. The van der Waals surface area contributed by atoms with Crippen LogP contribution in [0.25, 0.3) is 5.65 Å². The van der Waals surface area contributed by atoms with Gasteiger partial charge in [-0.05, 0) is 31.0 Å². The standard InChI is InChI=1S/C21H28N6O.HI/c1-17(18-9-4-3-5-10-18)28-16-8-13-23-21(22-2)24-14-12-20-26-25-19-11-6-7-15-27(19)20;/h3-7,9-11,15,17H,8,12-14,16H2,1-2H3,(H2,22,23,24);1H. The minimum absolute atomic E-state index is 0. The number of guanidine groups is 1. The number of benzene rings is 1. The van der Waals surface area contributed by atoms with Gasteiger partial charge in [-0.3, -0.25) is 9.39 Å². The molecule has 7 nitrogen and oxygen atoms in total. The van der Waals surface area contributed by atoms with Crippen LogP contribution in [0, 0.1) is 0 Å². The first-order valence-corrected chi connectivity index (χ1v) is 9.67. The number of halogens is 1. The first-order valence-electron chi connectivity index (χ1n) is 9.67. The summed E-state index contributed by atoms with van der Waals surface area (Å²) in [4.78, 5) is 4.26. The van der Waals surface area contributed by atoms with E-state index in [0.717, 1.165) is 43.4 Å². The number of hydrogen-bond donors (Lipinski definition) is 2. The highest BCUT2D eigenvalue weighted by molar-refractivity contribution is 14.0. The second kappa shape index (κ2) is 12.4. The lowest BCUT2D eigenvalue weighted by Crippen LogP contribution is -2.39. The number of hydrogen-bond acceptors (Lipinski definition) is 4. The smallest absolute Gasteiger partial charge is 0.190 e. The Morgan fingerprint density at radius 1 is 1.07 bits per heavy atom. The number of nitrogens with one attached hydrogen (secondary N) is 2. The average molecular weight is 508 g/mol. The lowest BCUT2D eigenvalue weighted by Gasteiger charge is -2.14. The second-order valence-electron chi connectivity index (χ2n) is 6.50. The summed E-state index contributed by atoms with van der Waals surface area (Å²) in [6.07, 6.45) is 3.77. The fraction of sp³-hybridized carbons (Fsp3) is 0.381. The molecule has 0 aliphatic carbocycles. The highest BCUT2D eigenvalue weighted by atomic mass is 127. The maximum absolute atomic E-state index is 5.90. The average Bonchev–Trinajstić information content (AvgIpc) is 3.16. The Hall–Kier alpha value is -2.20.